The van der Waals surface area contributed by atoms with Gasteiger partial charge in [-0.1, -0.05) is 24.3 Å². The lowest BCUT2D eigenvalue weighted by Crippen LogP contribution is -2.50. The van der Waals surface area contributed by atoms with Crippen molar-refractivity contribution in [1.29, 1.82) is 0 Å². The lowest BCUT2D eigenvalue weighted by atomic mass is 10.0. The van der Waals surface area contributed by atoms with Crippen LogP contribution in [0.2, 0.25) is 0 Å². The van der Waals surface area contributed by atoms with Crippen LogP contribution in [0.4, 0.5) is 15.8 Å². The maximum absolute atomic E-state index is 14.0. The van der Waals surface area contributed by atoms with Crippen LogP contribution in [0.25, 0.3) is 11.1 Å². The summed E-state index contributed by atoms with van der Waals surface area (Å²) in [6, 6.07) is 17.9. The molecule has 176 valence electrons. The summed E-state index contributed by atoms with van der Waals surface area (Å²) >= 11 is 0. The van der Waals surface area contributed by atoms with Crippen molar-refractivity contribution in [3.63, 3.8) is 0 Å². The van der Waals surface area contributed by atoms with Gasteiger partial charge in [0.1, 0.15) is 17.3 Å². The molecule has 0 radical (unpaired) electrons. The van der Waals surface area contributed by atoms with E-state index in [1.165, 1.54) is 24.3 Å². The van der Waals surface area contributed by atoms with Crippen LogP contribution in [0.15, 0.2) is 66.7 Å². The Kier molecular flexibility index (Phi) is 6.91. The fraction of sp³-hybridized carbons (Fsp3) is 0.240. The van der Waals surface area contributed by atoms with Crippen molar-refractivity contribution in [1.82, 2.24) is 4.90 Å². The van der Waals surface area contributed by atoms with E-state index in [9.17, 15) is 19.3 Å². The number of hydrogen-bond acceptors (Lipinski definition) is 6. The van der Waals surface area contributed by atoms with E-state index in [4.69, 9.17) is 9.47 Å². The van der Waals surface area contributed by atoms with Gasteiger partial charge in [-0.05, 0) is 35.9 Å². The number of benzene rings is 3. The average molecular weight is 465 g/mol. The van der Waals surface area contributed by atoms with E-state index in [2.05, 4.69) is 0 Å². The van der Waals surface area contributed by atoms with Crippen LogP contribution in [0.1, 0.15) is 0 Å². The Bertz CT molecular complexity index is 1180. The second-order valence-corrected chi connectivity index (χ2v) is 7.77. The molecule has 0 N–H and O–H groups in total. The largest absolute Gasteiger partial charge is 0.497 e. The van der Waals surface area contributed by atoms with Crippen molar-refractivity contribution in [2.45, 2.75) is 0 Å². The molecule has 1 fully saturated rings. The molecule has 9 heteroatoms. The number of nitrogens with zero attached hydrogens (tertiary/aromatic N) is 3. The smallest absolute Gasteiger partial charge is 0.270 e. The Balaban J connectivity index is 1.43. The van der Waals surface area contributed by atoms with E-state index < -0.39 is 4.92 Å². The Morgan fingerprint density at radius 1 is 1.03 bits per heavy atom. The molecule has 1 saturated heterocycles. The monoisotopic (exact) mass is 465 g/mol. The molecule has 0 saturated carbocycles. The lowest BCUT2D eigenvalue weighted by Gasteiger charge is -2.36. The maximum atomic E-state index is 14.0. The van der Waals surface area contributed by atoms with Crippen LogP contribution in [0.3, 0.4) is 0 Å². The molecular formula is C25H24FN3O5. The number of methoxy groups -OCH3 is 1. The van der Waals surface area contributed by atoms with Gasteiger partial charge in [-0.3, -0.25) is 14.9 Å². The van der Waals surface area contributed by atoms with Gasteiger partial charge >= 0.3 is 0 Å². The van der Waals surface area contributed by atoms with Crippen LogP contribution in [-0.2, 0) is 4.79 Å². The number of carbonyl (C=O) groups is 1. The Morgan fingerprint density at radius 3 is 2.38 bits per heavy atom. The topological polar surface area (TPSA) is 85.2 Å². The first-order valence-electron chi connectivity index (χ1n) is 10.8. The average Bonchev–Trinajstić information content (AvgIpc) is 2.87. The molecule has 0 aromatic heterocycles. The third kappa shape index (κ3) is 5.09. The van der Waals surface area contributed by atoms with Gasteiger partial charge in [-0.15, -0.1) is 0 Å². The molecule has 1 aliphatic heterocycles. The van der Waals surface area contributed by atoms with Gasteiger partial charge in [0, 0.05) is 43.9 Å². The molecule has 3 aromatic carbocycles. The van der Waals surface area contributed by atoms with Crippen LogP contribution >= 0.6 is 0 Å². The lowest BCUT2D eigenvalue weighted by molar-refractivity contribution is -0.384. The zero-order valence-electron chi connectivity index (χ0n) is 18.6. The predicted octanol–water partition coefficient (Wildman–Crippen LogP) is 4.14. The molecular weight excluding hydrogens is 441 g/mol. The van der Waals surface area contributed by atoms with Crippen molar-refractivity contribution in [2.75, 3.05) is 44.8 Å². The zero-order valence-corrected chi connectivity index (χ0v) is 18.6. The number of halogens is 1. The molecule has 0 spiro atoms. The van der Waals surface area contributed by atoms with E-state index in [-0.39, 0.29) is 24.0 Å². The minimum Gasteiger partial charge on any atom is -0.497 e. The first-order valence-corrected chi connectivity index (χ1v) is 10.8. The van der Waals surface area contributed by atoms with Crippen molar-refractivity contribution in [3.05, 3.63) is 82.7 Å². The zero-order chi connectivity index (χ0) is 24.1. The molecule has 8 nitrogen and oxygen atoms in total. The molecule has 0 unspecified atom stereocenters. The van der Waals surface area contributed by atoms with Crippen molar-refractivity contribution in [3.8, 4) is 22.6 Å². The third-order valence-electron chi connectivity index (χ3n) is 5.75. The van der Waals surface area contributed by atoms with Crippen LogP contribution in [-0.4, -0.2) is 55.6 Å². The van der Waals surface area contributed by atoms with Gasteiger partial charge in [0.25, 0.3) is 11.6 Å². The number of ether oxygens (including phenoxy) is 2. The van der Waals surface area contributed by atoms with Gasteiger partial charge in [-0.25, -0.2) is 4.39 Å². The highest BCUT2D eigenvalue weighted by Gasteiger charge is 2.23. The number of nitro groups is 1. The summed E-state index contributed by atoms with van der Waals surface area (Å²) in [7, 11) is 1.55. The molecule has 1 heterocycles. The number of amides is 1. The summed E-state index contributed by atoms with van der Waals surface area (Å²) in [4.78, 5) is 27.2. The number of carbonyl (C=O) groups excluding carboxylic acids is 1. The van der Waals surface area contributed by atoms with Crippen LogP contribution in [0, 0.1) is 15.9 Å². The summed E-state index contributed by atoms with van der Waals surface area (Å²) in [6.45, 7) is 1.72. The number of non-ortho nitro benzene ring substituents is 1. The van der Waals surface area contributed by atoms with Gasteiger partial charge in [-0.2, -0.15) is 0 Å². The standard InChI is InChI=1S/C25H24FN3O5/c1-33-20-9-6-18(7-10-20)21-16-19(29(31)32)8-11-24(21)34-17-25(30)28-14-12-27(13-15-28)23-5-3-2-4-22(23)26/h2-11,16H,12-15,17H2,1H3. The molecule has 1 aliphatic rings. The second kappa shape index (κ2) is 10.2. The highest BCUT2D eigenvalue weighted by atomic mass is 19.1. The summed E-state index contributed by atoms with van der Waals surface area (Å²) in [6.07, 6.45) is 0. The number of hydrogen-bond donors (Lipinski definition) is 0. The summed E-state index contributed by atoms with van der Waals surface area (Å²) in [5, 5.41) is 11.3. The molecule has 0 atom stereocenters. The van der Waals surface area contributed by atoms with Gasteiger partial charge < -0.3 is 19.3 Å². The van der Waals surface area contributed by atoms with Gasteiger partial charge in [0.05, 0.1) is 17.7 Å². The Labute approximate surface area is 196 Å². The summed E-state index contributed by atoms with van der Waals surface area (Å²) < 4.78 is 25.0. The molecule has 34 heavy (non-hydrogen) atoms. The van der Waals surface area contributed by atoms with Gasteiger partial charge in [0.15, 0.2) is 6.61 Å². The quantitative estimate of drug-likeness (QED) is 0.385. The highest BCUT2D eigenvalue weighted by molar-refractivity contribution is 5.79. The summed E-state index contributed by atoms with van der Waals surface area (Å²) in [5.74, 6) is 0.539. The van der Waals surface area contributed by atoms with Crippen molar-refractivity contribution >= 4 is 17.3 Å². The van der Waals surface area contributed by atoms with Crippen LogP contribution in [0.5, 0.6) is 11.5 Å². The van der Waals surface area contributed by atoms with E-state index in [0.717, 1.165) is 0 Å². The molecule has 0 aliphatic carbocycles. The highest BCUT2D eigenvalue weighted by Crippen LogP contribution is 2.34. The first kappa shape index (κ1) is 23.0. The van der Waals surface area contributed by atoms with E-state index >= 15 is 0 Å². The summed E-state index contributed by atoms with van der Waals surface area (Å²) in [5.41, 5.74) is 1.66. The molecule has 3 aromatic rings. The third-order valence-corrected chi connectivity index (χ3v) is 5.75. The molecule has 4 rings (SSSR count). The van der Waals surface area contributed by atoms with Gasteiger partial charge in [0.2, 0.25) is 0 Å². The van der Waals surface area contributed by atoms with E-state index in [1.54, 1.807) is 54.5 Å². The predicted molar refractivity (Wildman–Crippen MR) is 126 cm³/mol. The number of anilines is 1. The minimum absolute atomic E-state index is 0.0752. The molecule has 1 amide bonds. The fourth-order valence-electron chi connectivity index (χ4n) is 3.89. The number of para-hydroxylation sites is 1. The normalized spacial score (nSPS) is 13.5. The molecule has 0 bridgehead atoms. The van der Waals surface area contributed by atoms with E-state index in [1.807, 2.05) is 4.90 Å². The van der Waals surface area contributed by atoms with Crippen LogP contribution < -0.4 is 14.4 Å². The van der Waals surface area contributed by atoms with Crippen molar-refractivity contribution < 1.29 is 23.6 Å². The number of nitro benzene ring substituents is 1. The van der Waals surface area contributed by atoms with Crippen molar-refractivity contribution in [2.24, 2.45) is 0 Å². The first-order chi connectivity index (χ1) is 16.5. The van der Waals surface area contributed by atoms with E-state index in [0.29, 0.717) is 54.5 Å². The Hall–Kier alpha value is -4.14. The SMILES string of the molecule is COc1ccc(-c2cc([N+](=O)[O-])ccc2OCC(=O)N2CCN(c3ccccc3F)CC2)cc1. The Morgan fingerprint density at radius 2 is 1.74 bits per heavy atom. The number of piperazine rings is 1. The minimum atomic E-state index is -0.475. The fourth-order valence-corrected chi connectivity index (χ4v) is 3.89. The number of rotatable bonds is 7. The second-order valence-electron chi connectivity index (χ2n) is 7.77. The maximum Gasteiger partial charge on any atom is 0.270 e.